The number of benzene rings is 2. The molecule has 1 aliphatic heterocycles. The molecule has 204 valence electrons. The predicted octanol–water partition coefficient (Wildman–Crippen LogP) is 7.33. The van der Waals surface area contributed by atoms with Crippen LogP contribution in [-0.2, 0) is 4.79 Å². The topological polar surface area (TPSA) is 62.7 Å². The second kappa shape index (κ2) is 13.9. The highest BCUT2D eigenvalue weighted by Crippen LogP contribution is 2.36. The Hall–Kier alpha value is -2.64. The number of alkyl halides is 1. The number of likely N-dealkylation sites (tertiary alicyclic amines) is 1. The fourth-order valence-corrected chi connectivity index (χ4v) is 6.59. The highest BCUT2D eigenvalue weighted by Gasteiger charge is 2.30. The zero-order chi connectivity index (χ0) is 26.9. The molecule has 0 amide bonds. The van der Waals surface area contributed by atoms with Gasteiger partial charge in [-0.1, -0.05) is 18.2 Å². The molecule has 3 aromatic rings. The number of hydrogen-bond acceptors (Lipinski definition) is 5. The van der Waals surface area contributed by atoms with Crippen molar-refractivity contribution in [2.24, 2.45) is 11.8 Å². The van der Waals surface area contributed by atoms with Gasteiger partial charge in [0.1, 0.15) is 11.9 Å². The van der Waals surface area contributed by atoms with E-state index in [1.165, 1.54) is 10.5 Å². The number of ether oxygens (including phenoxy) is 1. The number of carboxylic acids is 1. The SMILES string of the molecule is COc1ccc2nccc(C(F)CC[C@@H]3CCN(CCCSc4ccccc4C)C[C@@H]3CCC(=O)O)c2c1. The van der Waals surface area contributed by atoms with Crippen LogP contribution in [0.25, 0.3) is 10.9 Å². The van der Waals surface area contributed by atoms with Crippen molar-refractivity contribution in [2.75, 3.05) is 32.5 Å². The molecule has 1 aliphatic rings. The van der Waals surface area contributed by atoms with E-state index in [0.717, 1.165) is 55.6 Å². The number of methoxy groups -OCH3 is 1. The Labute approximate surface area is 229 Å². The lowest BCUT2D eigenvalue weighted by molar-refractivity contribution is -0.137. The number of aromatic nitrogens is 1. The van der Waals surface area contributed by atoms with Crippen molar-refractivity contribution in [3.05, 3.63) is 65.9 Å². The third-order valence-corrected chi connectivity index (χ3v) is 9.05. The molecule has 2 heterocycles. The maximum absolute atomic E-state index is 15.6. The molecule has 7 heteroatoms. The second-order valence-corrected chi connectivity index (χ2v) is 11.5. The summed E-state index contributed by atoms with van der Waals surface area (Å²) in [5.74, 6) is 1.63. The van der Waals surface area contributed by atoms with Gasteiger partial charge in [-0.15, -0.1) is 11.8 Å². The number of thioether (sulfide) groups is 1. The van der Waals surface area contributed by atoms with Crippen LogP contribution in [0.5, 0.6) is 5.75 Å². The van der Waals surface area contributed by atoms with E-state index in [-0.39, 0.29) is 12.3 Å². The van der Waals surface area contributed by atoms with Crippen LogP contribution in [0.1, 0.15) is 55.8 Å². The first-order valence-electron chi connectivity index (χ1n) is 13.6. The standard InChI is InChI=1S/C31H39FN2O3S/c1-22-6-3-4-7-30(22)38-19-5-17-34-18-15-23(24(21-34)9-13-31(35)36)8-11-28(32)26-14-16-33-29-12-10-25(37-2)20-27(26)29/h3-4,6-7,10,12,14,16,20,23-24,28H,5,8-9,11,13,15,17-19,21H2,1-2H3,(H,35,36)/t23-,24+,28?/m1/s1. The third kappa shape index (κ3) is 7.70. The molecule has 1 aromatic heterocycles. The number of hydrogen-bond donors (Lipinski definition) is 1. The summed E-state index contributed by atoms with van der Waals surface area (Å²) in [6.07, 6.45) is 4.68. The van der Waals surface area contributed by atoms with Crippen molar-refractivity contribution in [1.29, 1.82) is 0 Å². The quantitative estimate of drug-likeness (QED) is 0.182. The number of nitrogens with zero attached hydrogens (tertiary/aromatic N) is 2. The van der Waals surface area contributed by atoms with Crippen LogP contribution in [0.15, 0.2) is 59.6 Å². The second-order valence-electron chi connectivity index (χ2n) is 10.3. The highest BCUT2D eigenvalue weighted by atomic mass is 32.2. The van der Waals surface area contributed by atoms with Gasteiger partial charge in [-0.05, 0) is 111 Å². The van der Waals surface area contributed by atoms with Crippen LogP contribution in [-0.4, -0.2) is 53.5 Å². The molecule has 5 nitrogen and oxygen atoms in total. The maximum Gasteiger partial charge on any atom is 0.303 e. The summed E-state index contributed by atoms with van der Waals surface area (Å²) in [5.41, 5.74) is 2.73. The largest absolute Gasteiger partial charge is 0.497 e. The van der Waals surface area contributed by atoms with Crippen LogP contribution in [0, 0.1) is 18.8 Å². The monoisotopic (exact) mass is 538 g/mol. The minimum Gasteiger partial charge on any atom is -0.497 e. The first kappa shape index (κ1) is 28.4. The van der Waals surface area contributed by atoms with Crippen LogP contribution in [0.2, 0.25) is 0 Å². The smallest absolute Gasteiger partial charge is 0.303 e. The number of fused-ring (bicyclic) bond motifs is 1. The Bertz CT molecular complexity index is 1210. The van der Waals surface area contributed by atoms with Crippen LogP contribution < -0.4 is 4.74 Å². The number of carboxylic acid groups (broad SMARTS) is 1. The van der Waals surface area contributed by atoms with Crippen molar-refractivity contribution >= 4 is 28.6 Å². The molecule has 0 bridgehead atoms. The summed E-state index contributed by atoms with van der Waals surface area (Å²) in [5, 5.41) is 10.1. The molecule has 38 heavy (non-hydrogen) atoms. The van der Waals surface area contributed by atoms with Gasteiger partial charge in [0.25, 0.3) is 0 Å². The molecule has 1 fully saturated rings. The Balaban J connectivity index is 1.32. The maximum atomic E-state index is 15.6. The Morgan fingerprint density at radius 3 is 2.84 bits per heavy atom. The normalized spacial score (nSPS) is 18.9. The minimum atomic E-state index is -1.09. The summed E-state index contributed by atoms with van der Waals surface area (Å²) >= 11 is 1.90. The van der Waals surface area contributed by atoms with Gasteiger partial charge in [0.05, 0.1) is 12.6 Å². The zero-order valence-corrected chi connectivity index (χ0v) is 23.3. The van der Waals surface area contributed by atoms with E-state index in [4.69, 9.17) is 4.74 Å². The lowest BCUT2D eigenvalue weighted by Crippen LogP contribution is -2.41. The molecule has 1 N–H and O–H groups in total. The average molecular weight is 539 g/mol. The van der Waals surface area contributed by atoms with Crippen molar-refractivity contribution in [3.63, 3.8) is 0 Å². The molecule has 3 atom stereocenters. The zero-order valence-electron chi connectivity index (χ0n) is 22.4. The molecule has 2 aromatic carbocycles. The van der Waals surface area contributed by atoms with Crippen LogP contribution >= 0.6 is 11.8 Å². The lowest BCUT2D eigenvalue weighted by Gasteiger charge is -2.39. The summed E-state index contributed by atoms with van der Waals surface area (Å²) < 4.78 is 20.9. The lowest BCUT2D eigenvalue weighted by atomic mass is 9.79. The van der Waals surface area contributed by atoms with Gasteiger partial charge in [-0.25, -0.2) is 4.39 Å². The van der Waals surface area contributed by atoms with E-state index >= 15 is 4.39 Å². The van der Waals surface area contributed by atoms with E-state index in [1.54, 1.807) is 19.4 Å². The Morgan fingerprint density at radius 2 is 2.05 bits per heavy atom. The molecule has 0 radical (unpaired) electrons. The number of aryl methyl sites for hydroxylation is 1. The van der Waals surface area contributed by atoms with Gasteiger partial charge >= 0.3 is 5.97 Å². The molecule has 1 saturated heterocycles. The fourth-order valence-electron chi connectivity index (χ4n) is 5.63. The average Bonchev–Trinajstić information content (AvgIpc) is 2.93. The summed E-state index contributed by atoms with van der Waals surface area (Å²) in [6, 6.07) is 15.8. The summed E-state index contributed by atoms with van der Waals surface area (Å²) in [7, 11) is 1.61. The van der Waals surface area contributed by atoms with Crippen molar-refractivity contribution in [1.82, 2.24) is 9.88 Å². The number of aliphatic carboxylic acids is 1. The Morgan fingerprint density at radius 1 is 1.21 bits per heavy atom. The van der Waals surface area contributed by atoms with Gasteiger partial charge in [0.15, 0.2) is 0 Å². The number of carbonyl (C=O) groups is 1. The number of pyridine rings is 1. The minimum absolute atomic E-state index is 0.173. The van der Waals surface area contributed by atoms with Crippen molar-refractivity contribution < 1.29 is 19.0 Å². The van der Waals surface area contributed by atoms with E-state index in [1.807, 2.05) is 30.0 Å². The van der Waals surface area contributed by atoms with Gasteiger partial charge in [0, 0.05) is 29.4 Å². The van der Waals surface area contributed by atoms with Crippen molar-refractivity contribution in [3.8, 4) is 5.75 Å². The molecule has 0 spiro atoms. The molecular weight excluding hydrogens is 499 g/mol. The van der Waals surface area contributed by atoms with Gasteiger partial charge in [-0.3, -0.25) is 9.78 Å². The Kier molecular flexibility index (Phi) is 10.4. The van der Waals surface area contributed by atoms with E-state index in [9.17, 15) is 9.90 Å². The molecular formula is C31H39FN2O3S. The molecule has 0 aliphatic carbocycles. The summed E-state index contributed by atoms with van der Waals surface area (Å²) in [6.45, 7) is 5.07. The van der Waals surface area contributed by atoms with E-state index in [2.05, 4.69) is 41.1 Å². The third-order valence-electron chi connectivity index (χ3n) is 7.79. The number of halogens is 1. The van der Waals surface area contributed by atoms with E-state index in [0.29, 0.717) is 30.1 Å². The van der Waals surface area contributed by atoms with Crippen molar-refractivity contribution in [2.45, 2.75) is 56.5 Å². The number of rotatable bonds is 13. The molecule has 0 saturated carbocycles. The first-order valence-corrected chi connectivity index (χ1v) is 14.6. The van der Waals surface area contributed by atoms with Gasteiger partial charge in [-0.2, -0.15) is 0 Å². The highest BCUT2D eigenvalue weighted by molar-refractivity contribution is 7.99. The number of piperidine rings is 1. The predicted molar refractivity (Wildman–Crippen MR) is 153 cm³/mol. The van der Waals surface area contributed by atoms with Gasteiger partial charge in [0.2, 0.25) is 0 Å². The molecule has 4 rings (SSSR count). The molecule has 1 unspecified atom stereocenters. The van der Waals surface area contributed by atoms with Crippen LogP contribution in [0.4, 0.5) is 4.39 Å². The van der Waals surface area contributed by atoms with Gasteiger partial charge < -0.3 is 14.7 Å². The summed E-state index contributed by atoms with van der Waals surface area (Å²) in [4.78, 5) is 19.5. The van der Waals surface area contributed by atoms with E-state index < -0.39 is 12.1 Å². The van der Waals surface area contributed by atoms with Crippen LogP contribution in [0.3, 0.4) is 0 Å². The first-order chi connectivity index (χ1) is 18.4. The fraction of sp³-hybridized carbons (Fsp3) is 0.484.